The van der Waals surface area contributed by atoms with Crippen molar-refractivity contribution in [1.29, 1.82) is 0 Å². The number of rotatable bonds is 8. The van der Waals surface area contributed by atoms with Crippen LogP contribution in [0.3, 0.4) is 0 Å². The summed E-state index contributed by atoms with van der Waals surface area (Å²) in [6.07, 6.45) is 1.54. The van der Waals surface area contributed by atoms with Crippen molar-refractivity contribution in [3.63, 3.8) is 0 Å². The summed E-state index contributed by atoms with van der Waals surface area (Å²) >= 11 is 3.49. The summed E-state index contributed by atoms with van der Waals surface area (Å²) in [5, 5.41) is 0.507. The van der Waals surface area contributed by atoms with Crippen LogP contribution in [0.2, 0.25) is 0 Å². The highest BCUT2D eigenvalue weighted by Crippen LogP contribution is 2.20. The minimum atomic E-state index is -2.95. The molecule has 114 valence electrons. The van der Waals surface area contributed by atoms with E-state index in [-0.39, 0.29) is 11.0 Å². The fraction of sp³-hybridized carbons (Fsp3) is 0.600. The summed E-state index contributed by atoms with van der Waals surface area (Å²) in [7, 11) is -1.30. The van der Waals surface area contributed by atoms with Crippen LogP contribution in [0.25, 0.3) is 0 Å². The van der Waals surface area contributed by atoms with Gasteiger partial charge in [-0.2, -0.15) is 0 Å². The Labute approximate surface area is 130 Å². The van der Waals surface area contributed by atoms with Crippen molar-refractivity contribution in [2.75, 3.05) is 18.2 Å². The highest BCUT2D eigenvalue weighted by Gasteiger charge is 2.19. The predicted molar refractivity (Wildman–Crippen MR) is 87.5 cm³/mol. The third-order valence-electron chi connectivity index (χ3n) is 3.41. The molecule has 0 bridgehead atoms. The smallest absolute Gasteiger partial charge is 0.152 e. The second kappa shape index (κ2) is 8.03. The van der Waals surface area contributed by atoms with E-state index in [4.69, 9.17) is 4.74 Å². The molecule has 1 aromatic carbocycles. The summed E-state index contributed by atoms with van der Waals surface area (Å²) in [4.78, 5) is 0. The molecule has 0 radical (unpaired) electrons. The van der Waals surface area contributed by atoms with E-state index in [1.807, 2.05) is 18.2 Å². The SMILES string of the molecule is COc1cccc(CC(CBr)CCS(=O)(=O)C(C)C)c1. The molecule has 0 aliphatic heterocycles. The van der Waals surface area contributed by atoms with Gasteiger partial charge in [0.15, 0.2) is 9.84 Å². The second-order valence-corrected chi connectivity index (χ2v) is 8.60. The van der Waals surface area contributed by atoms with Gasteiger partial charge < -0.3 is 4.74 Å². The Bertz CT molecular complexity index is 512. The molecular weight excluding hydrogens is 340 g/mol. The highest BCUT2D eigenvalue weighted by molar-refractivity contribution is 9.09. The lowest BCUT2D eigenvalue weighted by molar-refractivity contribution is 0.413. The zero-order valence-electron chi connectivity index (χ0n) is 12.3. The molecule has 0 spiro atoms. The Morgan fingerprint density at radius 1 is 1.30 bits per heavy atom. The van der Waals surface area contributed by atoms with Crippen LogP contribution in [0.1, 0.15) is 25.8 Å². The molecule has 1 aromatic rings. The van der Waals surface area contributed by atoms with Crippen LogP contribution in [0, 0.1) is 5.92 Å². The van der Waals surface area contributed by atoms with Gasteiger partial charge in [0.2, 0.25) is 0 Å². The Morgan fingerprint density at radius 3 is 2.55 bits per heavy atom. The average Bonchev–Trinajstić information content (AvgIpc) is 2.43. The second-order valence-electron chi connectivity index (χ2n) is 5.28. The summed E-state index contributed by atoms with van der Waals surface area (Å²) in [6.45, 7) is 3.47. The summed E-state index contributed by atoms with van der Waals surface area (Å²) in [5.74, 6) is 1.41. The van der Waals surface area contributed by atoms with Gasteiger partial charge in [-0.1, -0.05) is 28.1 Å². The molecule has 1 rings (SSSR count). The van der Waals surface area contributed by atoms with Crippen molar-refractivity contribution in [2.45, 2.75) is 31.9 Å². The number of hydrogen-bond acceptors (Lipinski definition) is 3. The summed E-state index contributed by atoms with van der Waals surface area (Å²) in [5.41, 5.74) is 1.18. The van der Waals surface area contributed by atoms with Gasteiger partial charge in [-0.05, 0) is 50.3 Å². The van der Waals surface area contributed by atoms with Crippen molar-refractivity contribution < 1.29 is 13.2 Å². The number of halogens is 1. The van der Waals surface area contributed by atoms with Crippen molar-refractivity contribution in [2.24, 2.45) is 5.92 Å². The molecule has 20 heavy (non-hydrogen) atoms. The molecule has 0 aliphatic carbocycles. The molecule has 0 aliphatic rings. The Kier molecular flexibility index (Phi) is 7.03. The van der Waals surface area contributed by atoms with E-state index in [1.165, 1.54) is 5.56 Å². The minimum absolute atomic E-state index is 0.255. The van der Waals surface area contributed by atoms with E-state index in [1.54, 1.807) is 21.0 Å². The third kappa shape index (κ3) is 5.44. The lowest BCUT2D eigenvalue weighted by Crippen LogP contribution is -2.21. The van der Waals surface area contributed by atoms with Crippen molar-refractivity contribution >= 4 is 25.8 Å². The molecule has 3 nitrogen and oxygen atoms in total. The highest BCUT2D eigenvalue weighted by atomic mass is 79.9. The van der Waals surface area contributed by atoms with Gasteiger partial charge in [-0.15, -0.1) is 0 Å². The van der Waals surface area contributed by atoms with E-state index in [9.17, 15) is 8.42 Å². The van der Waals surface area contributed by atoms with Crippen LogP contribution in [0.15, 0.2) is 24.3 Å². The quantitative estimate of drug-likeness (QED) is 0.665. The molecule has 0 saturated heterocycles. The monoisotopic (exact) mass is 362 g/mol. The predicted octanol–water partition coefficient (Wildman–Crippen LogP) is 3.46. The largest absolute Gasteiger partial charge is 0.497 e. The maximum absolute atomic E-state index is 11.9. The van der Waals surface area contributed by atoms with E-state index in [0.717, 1.165) is 17.5 Å². The Balaban J connectivity index is 2.63. The fourth-order valence-electron chi connectivity index (χ4n) is 1.93. The molecule has 0 saturated carbocycles. The number of benzene rings is 1. The maximum atomic E-state index is 11.9. The first-order valence-corrected chi connectivity index (χ1v) is 9.63. The van der Waals surface area contributed by atoms with Crippen LogP contribution in [0.5, 0.6) is 5.75 Å². The molecule has 1 unspecified atom stereocenters. The molecule has 5 heteroatoms. The first-order valence-electron chi connectivity index (χ1n) is 6.79. The molecule has 0 heterocycles. The van der Waals surface area contributed by atoms with Crippen LogP contribution in [0.4, 0.5) is 0 Å². The maximum Gasteiger partial charge on any atom is 0.152 e. The lowest BCUT2D eigenvalue weighted by atomic mass is 9.99. The standard InChI is InChI=1S/C15H23BrO3S/c1-12(2)20(17,18)8-7-14(11-16)9-13-5-4-6-15(10-13)19-3/h4-6,10,12,14H,7-9,11H2,1-3H3. The van der Waals surface area contributed by atoms with Crippen molar-refractivity contribution in [3.8, 4) is 5.75 Å². The Morgan fingerprint density at radius 2 is 2.00 bits per heavy atom. The normalized spacial score (nSPS) is 13.4. The molecular formula is C15H23BrO3S. The van der Waals surface area contributed by atoms with E-state index in [0.29, 0.717) is 12.3 Å². The van der Waals surface area contributed by atoms with Gasteiger partial charge in [0.1, 0.15) is 5.75 Å². The Hall–Kier alpha value is -0.550. The lowest BCUT2D eigenvalue weighted by Gasteiger charge is -2.16. The number of ether oxygens (including phenoxy) is 1. The van der Waals surface area contributed by atoms with Crippen LogP contribution in [-0.2, 0) is 16.3 Å². The molecule has 0 fully saturated rings. The third-order valence-corrected chi connectivity index (χ3v) is 6.56. The summed E-state index contributed by atoms with van der Waals surface area (Å²) in [6, 6.07) is 7.93. The summed E-state index contributed by atoms with van der Waals surface area (Å²) < 4.78 is 28.9. The van der Waals surface area contributed by atoms with Crippen molar-refractivity contribution in [3.05, 3.63) is 29.8 Å². The minimum Gasteiger partial charge on any atom is -0.497 e. The van der Waals surface area contributed by atoms with Gasteiger partial charge in [-0.25, -0.2) is 8.42 Å². The molecule has 0 N–H and O–H groups in total. The van der Waals surface area contributed by atoms with Crippen LogP contribution < -0.4 is 4.74 Å². The molecule has 0 amide bonds. The number of methoxy groups -OCH3 is 1. The van der Waals surface area contributed by atoms with E-state index < -0.39 is 9.84 Å². The van der Waals surface area contributed by atoms with Gasteiger partial charge in [0.25, 0.3) is 0 Å². The number of sulfone groups is 1. The molecule has 0 aromatic heterocycles. The van der Waals surface area contributed by atoms with E-state index >= 15 is 0 Å². The zero-order valence-corrected chi connectivity index (χ0v) is 14.7. The van der Waals surface area contributed by atoms with Crippen LogP contribution >= 0.6 is 15.9 Å². The zero-order chi connectivity index (χ0) is 15.2. The van der Waals surface area contributed by atoms with Gasteiger partial charge >= 0.3 is 0 Å². The number of hydrogen-bond donors (Lipinski definition) is 0. The van der Waals surface area contributed by atoms with Crippen LogP contribution in [-0.4, -0.2) is 31.9 Å². The van der Waals surface area contributed by atoms with E-state index in [2.05, 4.69) is 22.0 Å². The van der Waals surface area contributed by atoms with Crippen molar-refractivity contribution in [1.82, 2.24) is 0 Å². The van der Waals surface area contributed by atoms with Gasteiger partial charge in [-0.3, -0.25) is 0 Å². The first kappa shape index (κ1) is 17.5. The average molecular weight is 363 g/mol. The number of alkyl halides is 1. The van der Waals surface area contributed by atoms with Gasteiger partial charge in [0, 0.05) is 5.33 Å². The fourth-order valence-corrected chi connectivity index (χ4v) is 3.62. The molecule has 1 atom stereocenters. The topological polar surface area (TPSA) is 43.4 Å². The van der Waals surface area contributed by atoms with Gasteiger partial charge in [0.05, 0.1) is 18.1 Å². The first-order chi connectivity index (χ1) is 9.39.